The summed E-state index contributed by atoms with van der Waals surface area (Å²) < 4.78 is 10.9. The highest BCUT2D eigenvalue weighted by Gasteiger charge is 2.12. The highest BCUT2D eigenvalue weighted by atomic mass is 16.6. The minimum Gasteiger partial charge on any atom is -0.494 e. The highest BCUT2D eigenvalue weighted by Crippen LogP contribution is 2.41. The SMILES string of the molecule is CCN(C)c1ccc(N=Nc2cc(OC)c(N=Nc3ccc([N+](=O)[O-])cc3)cc2OC)cc1. The topological polar surface area (TPSA) is 114 Å². The Hall–Kier alpha value is -4.34. The van der Waals surface area contributed by atoms with Crippen LogP contribution in [-0.2, 0) is 0 Å². The summed E-state index contributed by atoms with van der Waals surface area (Å²) in [7, 11) is 5.05. The average molecular weight is 448 g/mol. The van der Waals surface area contributed by atoms with Crippen molar-refractivity contribution >= 4 is 34.1 Å². The number of methoxy groups -OCH3 is 2. The third-order valence-corrected chi connectivity index (χ3v) is 4.85. The van der Waals surface area contributed by atoms with Crippen LogP contribution in [0.25, 0.3) is 0 Å². The van der Waals surface area contributed by atoms with Gasteiger partial charge < -0.3 is 14.4 Å². The van der Waals surface area contributed by atoms with Crippen LogP contribution in [0.2, 0.25) is 0 Å². The molecule has 0 saturated heterocycles. The van der Waals surface area contributed by atoms with Gasteiger partial charge in [0.1, 0.15) is 22.9 Å². The fourth-order valence-electron chi connectivity index (χ4n) is 2.84. The lowest BCUT2D eigenvalue weighted by atomic mass is 10.2. The predicted octanol–water partition coefficient (Wildman–Crippen LogP) is 6.90. The summed E-state index contributed by atoms with van der Waals surface area (Å²) in [5.74, 6) is 0.870. The summed E-state index contributed by atoms with van der Waals surface area (Å²) in [5.41, 5.74) is 3.12. The molecule has 0 atom stereocenters. The van der Waals surface area contributed by atoms with Gasteiger partial charge in [-0.15, -0.1) is 10.2 Å². The molecule has 0 N–H and O–H groups in total. The van der Waals surface area contributed by atoms with E-state index < -0.39 is 4.92 Å². The molecule has 0 saturated carbocycles. The Labute approximate surface area is 191 Å². The molecule has 10 nitrogen and oxygen atoms in total. The van der Waals surface area contributed by atoms with Crippen LogP contribution >= 0.6 is 0 Å². The van der Waals surface area contributed by atoms with Crippen LogP contribution in [0.1, 0.15) is 6.92 Å². The van der Waals surface area contributed by atoms with Gasteiger partial charge in [-0.25, -0.2) is 0 Å². The first kappa shape index (κ1) is 23.3. The Morgan fingerprint density at radius 2 is 1.27 bits per heavy atom. The smallest absolute Gasteiger partial charge is 0.269 e. The Morgan fingerprint density at radius 3 is 1.67 bits per heavy atom. The van der Waals surface area contributed by atoms with Gasteiger partial charge >= 0.3 is 0 Å². The van der Waals surface area contributed by atoms with Crippen LogP contribution in [0.5, 0.6) is 11.5 Å². The van der Waals surface area contributed by atoms with E-state index in [-0.39, 0.29) is 5.69 Å². The molecule has 10 heteroatoms. The van der Waals surface area contributed by atoms with Crippen LogP contribution in [0.4, 0.5) is 34.1 Å². The highest BCUT2D eigenvalue weighted by molar-refractivity contribution is 5.66. The summed E-state index contributed by atoms with van der Waals surface area (Å²) in [5, 5.41) is 27.7. The third-order valence-electron chi connectivity index (χ3n) is 4.85. The summed E-state index contributed by atoms with van der Waals surface area (Å²) >= 11 is 0. The fraction of sp³-hybridized carbons (Fsp3) is 0.217. The van der Waals surface area contributed by atoms with Gasteiger partial charge in [0.15, 0.2) is 0 Å². The Morgan fingerprint density at radius 1 is 0.818 bits per heavy atom. The van der Waals surface area contributed by atoms with E-state index in [1.165, 1.54) is 38.5 Å². The molecule has 33 heavy (non-hydrogen) atoms. The summed E-state index contributed by atoms with van der Waals surface area (Å²) in [4.78, 5) is 12.4. The van der Waals surface area contributed by atoms with Crippen LogP contribution in [0, 0.1) is 10.1 Å². The van der Waals surface area contributed by atoms with Gasteiger partial charge in [-0.3, -0.25) is 10.1 Å². The maximum atomic E-state index is 10.8. The molecule has 3 aromatic carbocycles. The first-order valence-corrected chi connectivity index (χ1v) is 10.1. The number of azo groups is 2. The van der Waals surface area contributed by atoms with E-state index in [2.05, 4.69) is 32.3 Å². The lowest BCUT2D eigenvalue weighted by Crippen LogP contribution is -2.15. The minimum absolute atomic E-state index is 0.0186. The molecular weight excluding hydrogens is 424 g/mol. The van der Waals surface area contributed by atoms with Gasteiger partial charge in [-0.2, -0.15) is 10.2 Å². The molecule has 0 aliphatic heterocycles. The molecule has 0 amide bonds. The van der Waals surface area contributed by atoms with E-state index in [9.17, 15) is 10.1 Å². The van der Waals surface area contributed by atoms with Gasteiger partial charge in [0.25, 0.3) is 5.69 Å². The molecular formula is C23H24N6O4. The van der Waals surface area contributed by atoms with Crippen molar-refractivity contribution in [1.29, 1.82) is 0 Å². The van der Waals surface area contributed by atoms with Gasteiger partial charge in [0, 0.05) is 43.5 Å². The second kappa shape index (κ2) is 10.8. The molecule has 0 aliphatic rings. The number of hydrogen-bond donors (Lipinski definition) is 0. The zero-order valence-corrected chi connectivity index (χ0v) is 18.8. The Balaban J connectivity index is 1.84. The number of nitro benzene ring substituents is 1. The molecule has 0 spiro atoms. The molecule has 0 aliphatic carbocycles. The molecule has 0 radical (unpaired) electrons. The largest absolute Gasteiger partial charge is 0.494 e. The van der Waals surface area contributed by atoms with E-state index in [0.717, 1.165) is 12.2 Å². The minimum atomic E-state index is -0.472. The molecule has 0 unspecified atom stereocenters. The maximum Gasteiger partial charge on any atom is 0.269 e. The molecule has 3 rings (SSSR count). The zero-order valence-electron chi connectivity index (χ0n) is 18.8. The third kappa shape index (κ3) is 5.88. The summed E-state index contributed by atoms with van der Waals surface area (Å²) in [6, 6.07) is 16.8. The normalized spacial score (nSPS) is 11.2. The van der Waals surface area contributed by atoms with Crippen molar-refractivity contribution in [3.8, 4) is 11.5 Å². The molecule has 170 valence electrons. The number of hydrogen-bond acceptors (Lipinski definition) is 9. The zero-order chi connectivity index (χ0) is 23.8. The van der Waals surface area contributed by atoms with Crippen LogP contribution in [0.3, 0.4) is 0 Å². The van der Waals surface area contributed by atoms with Crippen molar-refractivity contribution in [1.82, 2.24) is 0 Å². The van der Waals surface area contributed by atoms with E-state index >= 15 is 0 Å². The second-order valence-corrected chi connectivity index (χ2v) is 6.90. The second-order valence-electron chi connectivity index (χ2n) is 6.90. The molecule has 3 aromatic rings. The molecule has 0 fully saturated rings. The number of benzene rings is 3. The predicted molar refractivity (Wildman–Crippen MR) is 126 cm³/mol. The number of anilines is 1. The van der Waals surface area contributed by atoms with Crippen molar-refractivity contribution in [3.05, 3.63) is 70.8 Å². The molecule has 0 heterocycles. The van der Waals surface area contributed by atoms with E-state index in [1.54, 1.807) is 12.1 Å². The van der Waals surface area contributed by atoms with Crippen LogP contribution < -0.4 is 14.4 Å². The molecule has 0 bridgehead atoms. The quantitative estimate of drug-likeness (QED) is 0.201. The van der Waals surface area contributed by atoms with Crippen molar-refractivity contribution in [3.63, 3.8) is 0 Å². The number of non-ortho nitro benzene ring substituents is 1. The summed E-state index contributed by atoms with van der Waals surface area (Å²) in [6.45, 7) is 2.99. The molecule has 0 aromatic heterocycles. The van der Waals surface area contributed by atoms with Crippen molar-refractivity contribution in [2.45, 2.75) is 6.92 Å². The van der Waals surface area contributed by atoms with Gasteiger partial charge in [-0.1, -0.05) is 0 Å². The van der Waals surface area contributed by atoms with Crippen molar-refractivity contribution in [2.24, 2.45) is 20.5 Å². The first-order valence-electron chi connectivity index (χ1n) is 10.1. The fourth-order valence-corrected chi connectivity index (χ4v) is 2.84. The summed E-state index contributed by atoms with van der Waals surface area (Å²) in [6.07, 6.45) is 0. The number of ether oxygens (including phenoxy) is 2. The van der Waals surface area contributed by atoms with Crippen LogP contribution in [0.15, 0.2) is 81.1 Å². The lowest BCUT2D eigenvalue weighted by molar-refractivity contribution is -0.384. The van der Waals surface area contributed by atoms with Gasteiger partial charge in [0.2, 0.25) is 0 Å². The van der Waals surface area contributed by atoms with Crippen LogP contribution in [-0.4, -0.2) is 32.7 Å². The van der Waals surface area contributed by atoms with E-state index in [1.807, 2.05) is 31.3 Å². The first-order chi connectivity index (χ1) is 15.9. The lowest BCUT2D eigenvalue weighted by Gasteiger charge is -2.16. The van der Waals surface area contributed by atoms with E-state index in [4.69, 9.17) is 9.47 Å². The number of nitrogens with zero attached hydrogens (tertiary/aromatic N) is 6. The van der Waals surface area contributed by atoms with Crippen molar-refractivity contribution in [2.75, 3.05) is 32.7 Å². The monoisotopic (exact) mass is 448 g/mol. The van der Waals surface area contributed by atoms with Crippen molar-refractivity contribution < 1.29 is 14.4 Å². The number of nitro groups is 1. The maximum absolute atomic E-state index is 10.8. The average Bonchev–Trinajstić information content (AvgIpc) is 2.86. The Kier molecular flexibility index (Phi) is 7.64. The van der Waals surface area contributed by atoms with Gasteiger partial charge in [0.05, 0.1) is 30.5 Å². The standard InChI is InChI=1S/C23H24N6O4/c1-5-28(2)18-10-6-16(7-11-18)24-26-20-14-23(33-4)21(15-22(20)32-3)27-25-17-8-12-19(13-9-17)29(30)31/h6-15H,5H2,1-4H3. The van der Waals surface area contributed by atoms with Gasteiger partial charge in [-0.05, 0) is 43.3 Å². The number of rotatable bonds is 9. The van der Waals surface area contributed by atoms with E-state index in [0.29, 0.717) is 34.2 Å². The Bertz CT molecular complexity index is 1160.